The third-order valence-electron chi connectivity index (χ3n) is 2.71. The van der Waals surface area contributed by atoms with Crippen molar-refractivity contribution in [3.8, 4) is 6.07 Å². The average molecular weight is 305 g/mol. The van der Waals surface area contributed by atoms with E-state index in [1.807, 2.05) is 38.2 Å². The summed E-state index contributed by atoms with van der Waals surface area (Å²) in [5.74, 6) is 0.762. The molecule has 5 heteroatoms. The SMILES string of the molecule is Cc1nn(C)c(NCc2ccc(Br)cc2)c1C#N. The third kappa shape index (κ3) is 2.54. The van der Waals surface area contributed by atoms with E-state index >= 15 is 0 Å². The van der Waals surface area contributed by atoms with Gasteiger partial charge < -0.3 is 5.32 Å². The number of nitrogens with zero attached hydrogens (tertiary/aromatic N) is 3. The Labute approximate surface area is 114 Å². The Morgan fingerprint density at radius 3 is 2.67 bits per heavy atom. The largest absolute Gasteiger partial charge is 0.365 e. The molecule has 18 heavy (non-hydrogen) atoms. The molecule has 1 heterocycles. The fourth-order valence-corrected chi connectivity index (χ4v) is 2.05. The lowest BCUT2D eigenvalue weighted by Crippen LogP contribution is -2.05. The van der Waals surface area contributed by atoms with Gasteiger partial charge in [0.2, 0.25) is 0 Å². The summed E-state index contributed by atoms with van der Waals surface area (Å²) >= 11 is 3.40. The van der Waals surface area contributed by atoms with Gasteiger partial charge in [0.1, 0.15) is 17.5 Å². The van der Waals surface area contributed by atoms with Crippen molar-refractivity contribution in [1.29, 1.82) is 5.26 Å². The van der Waals surface area contributed by atoms with Crippen molar-refractivity contribution in [2.24, 2.45) is 7.05 Å². The summed E-state index contributed by atoms with van der Waals surface area (Å²) in [6.45, 7) is 2.50. The molecule has 2 rings (SSSR count). The van der Waals surface area contributed by atoms with Crippen LogP contribution in [-0.2, 0) is 13.6 Å². The lowest BCUT2D eigenvalue weighted by Gasteiger charge is -2.07. The summed E-state index contributed by atoms with van der Waals surface area (Å²) < 4.78 is 2.76. The normalized spacial score (nSPS) is 10.1. The summed E-state index contributed by atoms with van der Waals surface area (Å²) in [5, 5.41) is 16.6. The highest BCUT2D eigenvalue weighted by Crippen LogP contribution is 2.18. The van der Waals surface area contributed by atoms with Crippen LogP contribution in [-0.4, -0.2) is 9.78 Å². The second-order valence-electron chi connectivity index (χ2n) is 4.02. The van der Waals surface area contributed by atoms with Crippen LogP contribution in [0.15, 0.2) is 28.7 Å². The van der Waals surface area contributed by atoms with Crippen LogP contribution in [0.25, 0.3) is 0 Å². The van der Waals surface area contributed by atoms with Crippen molar-refractivity contribution in [3.63, 3.8) is 0 Å². The molecule has 0 saturated heterocycles. The molecule has 0 atom stereocenters. The molecule has 0 saturated carbocycles. The number of nitrogens with one attached hydrogen (secondary N) is 1. The Balaban J connectivity index is 2.16. The molecule has 0 bridgehead atoms. The third-order valence-corrected chi connectivity index (χ3v) is 3.24. The molecule has 0 aliphatic heterocycles. The number of hydrogen-bond acceptors (Lipinski definition) is 3. The van der Waals surface area contributed by atoms with E-state index in [9.17, 15) is 0 Å². The van der Waals surface area contributed by atoms with E-state index in [4.69, 9.17) is 5.26 Å². The first-order valence-electron chi connectivity index (χ1n) is 5.54. The second-order valence-corrected chi connectivity index (χ2v) is 4.94. The van der Waals surface area contributed by atoms with E-state index in [0.29, 0.717) is 12.1 Å². The average Bonchev–Trinajstić information content (AvgIpc) is 2.62. The zero-order chi connectivity index (χ0) is 13.1. The molecular weight excluding hydrogens is 292 g/mol. The van der Waals surface area contributed by atoms with E-state index in [2.05, 4.69) is 32.4 Å². The Morgan fingerprint density at radius 1 is 1.39 bits per heavy atom. The van der Waals surface area contributed by atoms with Gasteiger partial charge in [-0.15, -0.1) is 0 Å². The summed E-state index contributed by atoms with van der Waals surface area (Å²) in [6.07, 6.45) is 0. The van der Waals surface area contributed by atoms with Crippen molar-refractivity contribution < 1.29 is 0 Å². The maximum Gasteiger partial charge on any atom is 0.142 e. The highest BCUT2D eigenvalue weighted by molar-refractivity contribution is 9.10. The van der Waals surface area contributed by atoms with Crippen molar-refractivity contribution in [1.82, 2.24) is 9.78 Å². The maximum absolute atomic E-state index is 9.10. The fourth-order valence-electron chi connectivity index (χ4n) is 1.78. The Bertz CT molecular complexity index is 593. The lowest BCUT2D eigenvalue weighted by molar-refractivity contribution is 0.758. The minimum Gasteiger partial charge on any atom is -0.365 e. The van der Waals surface area contributed by atoms with Crippen LogP contribution in [0.4, 0.5) is 5.82 Å². The molecule has 0 amide bonds. The van der Waals surface area contributed by atoms with Gasteiger partial charge in [0.25, 0.3) is 0 Å². The van der Waals surface area contributed by atoms with Crippen LogP contribution in [0.3, 0.4) is 0 Å². The Hall–Kier alpha value is -1.80. The van der Waals surface area contributed by atoms with Crippen molar-refractivity contribution in [3.05, 3.63) is 45.6 Å². The number of nitriles is 1. The summed E-state index contributed by atoms with van der Waals surface area (Å²) in [7, 11) is 1.83. The van der Waals surface area contributed by atoms with Gasteiger partial charge in [-0.05, 0) is 24.6 Å². The van der Waals surface area contributed by atoms with Gasteiger partial charge in [0.05, 0.1) is 5.69 Å². The molecule has 0 aliphatic carbocycles. The number of aromatic nitrogens is 2. The smallest absolute Gasteiger partial charge is 0.142 e. The highest BCUT2D eigenvalue weighted by atomic mass is 79.9. The molecule has 92 valence electrons. The molecular formula is C13H13BrN4. The van der Waals surface area contributed by atoms with E-state index < -0.39 is 0 Å². The molecule has 1 aromatic heterocycles. The molecule has 1 N–H and O–H groups in total. The molecule has 0 unspecified atom stereocenters. The number of anilines is 1. The molecule has 0 fully saturated rings. The van der Waals surface area contributed by atoms with Crippen molar-refractivity contribution >= 4 is 21.7 Å². The molecule has 1 aromatic carbocycles. The summed E-state index contributed by atoms with van der Waals surface area (Å²) in [6, 6.07) is 10.2. The first-order chi connectivity index (χ1) is 8.61. The van der Waals surface area contributed by atoms with Gasteiger partial charge in [-0.25, -0.2) is 0 Å². The zero-order valence-electron chi connectivity index (χ0n) is 10.2. The topological polar surface area (TPSA) is 53.6 Å². The summed E-state index contributed by atoms with van der Waals surface area (Å²) in [5.41, 5.74) is 2.51. The number of halogens is 1. The highest BCUT2D eigenvalue weighted by Gasteiger charge is 2.11. The number of hydrogen-bond donors (Lipinski definition) is 1. The summed E-state index contributed by atoms with van der Waals surface area (Å²) in [4.78, 5) is 0. The van der Waals surface area contributed by atoms with Crippen LogP contribution in [0.1, 0.15) is 16.8 Å². The number of rotatable bonds is 3. The number of aryl methyl sites for hydroxylation is 2. The zero-order valence-corrected chi connectivity index (χ0v) is 11.8. The molecule has 0 spiro atoms. The molecule has 4 nitrogen and oxygen atoms in total. The first-order valence-corrected chi connectivity index (χ1v) is 6.33. The number of benzene rings is 1. The van der Waals surface area contributed by atoms with Crippen LogP contribution in [0.5, 0.6) is 0 Å². The fraction of sp³-hybridized carbons (Fsp3) is 0.231. The second kappa shape index (κ2) is 5.23. The monoisotopic (exact) mass is 304 g/mol. The van der Waals surface area contributed by atoms with Gasteiger partial charge in [0, 0.05) is 18.1 Å². The van der Waals surface area contributed by atoms with Gasteiger partial charge >= 0.3 is 0 Å². The van der Waals surface area contributed by atoms with E-state index in [1.54, 1.807) is 4.68 Å². The van der Waals surface area contributed by atoms with Gasteiger partial charge in [0.15, 0.2) is 0 Å². The lowest BCUT2D eigenvalue weighted by atomic mass is 10.2. The van der Waals surface area contributed by atoms with Gasteiger partial charge in [-0.3, -0.25) is 4.68 Å². The molecule has 0 aliphatic rings. The molecule has 2 aromatic rings. The standard InChI is InChI=1S/C13H13BrN4/c1-9-12(7-15)13(18(2)17-9)16-8-10-3-5-11(14)6-4-10/h3-6,16H,8H2,1-2H3. The van der Waals surface area contributed by atoms with Crippen molar-refractivity contribution in [2.45, 2.75) is 13.5 Å². The maximum atomic E-state index is 9.10. The first kappa shape index (κ1) is 12.7. The minimum atomic E-state index is 0.606. The molecule has 0 radical (unpaired) electrons. The van der Waals surface area contributed by atoms with E-state index in [1.165, 1.54) is 0 Å². The Morgan fingerprint density at radius 2 is 2.06 bits per heavy atom. The quantitative estimate of drug-likeness (QED) is 0.948. The van der Waals surface area contributed by atoms with E-state index in [0.717, 1.165) is 21.5 Å². The van der Waals surface area contributed by atoms with Gasteiger partial charge in [-0.1, -0.05) is 28.1 Å². The van der Waals surface area contributed by atoms with Gasteiger partial charge in [-0.2, -0.15) is 10.4 Å². The van der Waals surface area contributed by atoms with Crippen LogP contribution in [0.2, 0.25) is 0 Å². The van der Waals surface area contributed by atoms with Crippen LogP contribution in [0, 0.1) is 18.3 Å². The minimum absolute atomic E-state index is 0.606. The van der Waals surface area contributed by atoms with E-state index in [-0.39, 0.29) is 0 Å². The van der Waals surface area contributed by atoms with Crippen LogP contribution >= 0.6 is 15.9 Å². The predicted octanol–water partition coefficient (Wildman–Crippen LogP) is 2.97. The predicted molar refractivity (Wildman–Crippen MR) is 74.1 cm³/mol. The Kier molecular flexibility index (Phi) is 3.68. The van der Waals surface area contributed by atoms with Crippen LogP contribution < -0.4 is 5.32 Å². The van der Waals surface area contributed by atoms with Crippen molar-refractivity contribution in [2.75, 3.05) is 5.32 Å².